The van der Waals surface area contributed by atoms with Gasteiger partial charge in [-0.25, -0.2) is 0 Å². The number of nitrogens with zero attached hydrogens (tertiary/aromatic N) is 2. The minimum absolute atomic E-state index is 0.0956. The van der Waals surface area contributed by atoms with E-state index in [4.69, 9.17) is 4.74 Å². The lowest BCUT2D eigenvalue weighted by Gasteiger charge is -2.16. The summed E-state index contributed by atoms with van der Waals surface area (Å²) < 4.78 is 4.93. The molecular formula is C12H19N3O2. The van der Waals surface area contributed by atoms with Gasteiger partial charge in [0, 0.05) is 39.1 Å². The van der Waals surface area contributed by atoms with Crippen molar-refractivity contribution >= 4 is 11.6 Å². The van der Waals surface area contributed by atoms with Gasteiger partial charge in [-0.3, -0.25) is 9.78 Å². The maximum Gasteiger partial charge on any atom is 0.272 e. The quantitative estimate of drug-likeness (QED) is 0.808. The Hall–Kier alpha value is -1.62. The Bertz CT molecular complexity index is 369. The summed E-state index contributed by atoms with van der Waals surface area (Å²) in [7, 11) is 3.35. The highest BCUT2D eigenvalue weighted by Gasteiger charge is 2.12. The highest BCUT2D eigenvalue weighted by Crippen LogP contribution is 2.09. The maximum absolute atomic E-state index is 12.0. The van der Waals surface area contributed by atoms with Crippen LogP contribution in [-0.2, 0) is 4.74 Å². The summed E-state index contributed by atoms with van der Waals surface area (Å²) in [6, 6.07) is 3.60. The third-order valence-corrected chi connectivity index (χ3v) is 2.34. The summed E-state index contributed by atoms with van der Waals surface area (Å²) >= 11 is 0. The number of amides is 1. The average molecular weight is 237 g/mol. The molecule has 0 radical (unpaired) electrons. The standard InChI is InChI=1S/C12H19N3O2/c1-4-13-10-5-6-14-11(9-10)12(16)15(2)7-8-17-3/h5-6,9H,4,7-8H2,1-3H3,(H,13,14). The van der Waals surface area contributed by atoms with Gasteiger partial charge in [0.15, 0.2) is 0 Å². The largest absolute Gasteiger partial charge is 0.385 e. The molecule has 0 fully saturated rings. The number of nitrogens with one attached hydrogen (secondary N) is 1. The van der Waals surface area contributed by atoms with Crippen LogP contribution in [0.5, 0.6) is 0 Å². The van der Waals surface area contributed by atoms with E-state index in [1.807, 2.05) is 13.0 Å². The van der Waals surface area contributed by atoms with Crippen LogP contribution in [0.3, 0.4) is 0 Å². The number of aromatic nitrogens is 1. The van der Waals surface area contributed by atoms with Gasteiger partial charge in [-0.05, 0) is 19.1 Å². The van der Waals surface area contributed by atoms with E-state index in [9.17, 15) is 4.79 Å². The molecule has 0 saturated heterocycles. The molecule has 0 atom stereocenters. The number of likely N-dealkylation sites (N-methyl/N-ethyl adjacent to an activating group) is 1. The van der Waals surface area contributed by atoms with E-state index in [-0.39, 0.29) is 5.91 Å². The maximum atomic E-state index is 12.0. The highest BCUT2D eigenvalue weighted by atomic mass is 16.5. The summed E-state index contributed by atoms with van der Waals surface area (Å²) in [5.41, 5.74) is 1.35. The summed E-state index contributed by atoms with van der Waals surface area (Å²) in [5, 5.41) is 3.15. The van der Waals surface area contributed by atoms with Gasteiger partial charge in [0.25, 0.3) is 5.91 Å². The number of carbonyl (C=O) groups excluding carboxylic acids is 1. The first-order valence-electron chi connectivity index (χ1n) is 5.63. The fourth-order valence-electron chi connectivity index (χ4n) is 1.39. The van der Waals surface area contributed by atoms with E-state index in [1.165, 1.54) is 0 Å². The normalized spacial score (nSPS) is 10.1. The first-order chi connectivity index (χ1) is 8.19. The summed E-state index contributed by atoms with van der Waals surface area (Å²) in [6.07, 6.45) is 1.63. The lowest BCUT2D eigenvalue weighted by atomic mass is 10.3. The molecule has 0 bridgehead atoms. The van der Waals surface area contributed by atoms with Crippen molar-refractivity contribution in [3.8, 4) is 0 Å². The van der Waals surface area contributed by atoms with Gasteiger partial charge in [0.05, 0.1) is 6.61 Å². The zero-order chi connectivity index (χ0) is 12.7. The molecule has 0 aliphatic carbocycles. The average Bonchev–Trinajstić information content (AvgIpc) is 2.35. The second-order valence-corrected chi connectivity index (χ2v) is 3.68. The van der Waals surface area contributed by atoms with Gasteiger partial charge >= 0.3 is 0 Å². The molecule has 0 unspecified atom stereocenters. The number of hydrogen-bond donors (Lipinski definition) is 1. The van der Waals surface area contributed by atoms with Crippen molar-refractivity contribution in [1.82, 2.24) is 9.88 Å². The molecule has 5 nitrogen and oxygen atoms in total. The Morgan fingerprint density at radius 1 is 1.59 bits per heavy atom. The zero-order valence-electron chi connectivity index (χ0n) is 10.6. The topological polar surface area (TPSA) is 54.5 Å². The van der Waals surface area contributed by atoms with Crippen molar-refractivity contribution in [2.24, 2.45) is 0 Å². The molecule has 0 aliphatic heterocycles. The Morgan fingerprint density at radius 2 is 2.35 bits per heavy atom. The molecule has 1 aromatic rings. The van der Waals surface area contributed by atoms with Crippen LogP contribution >= 0.6 is 0 Å². The number of anilines is 1. The number of pyridine rings is 1. The van der Waals surface area contributed by atoms with Crippen molar-refractivity contribution in [2.75, 3.05) is 39.2 Å². The second-order valence-electron chi connectivity index (χ2n) is 3.68. The smallest absolute Gasteiger partial charge is 0.272 e. The van der Waals surface area contributed by atoms with Crippen LogP contribution in [0.1, 0.15) is 17.4 Å². The molecule has 1 N–H and O–H groups in total. The van der Waals surface area contributed by atoms with Crippen LogP contribution in [-0.4, -0.2) is 49.6 Å². The number of ether oxygens (including phenoxy) is 1. The second kappa shape index (κ2) is 6.85. The van der Waals surface area contributed by atoms with Crippen LogP contribution in [0.15, 0.2) is 18.3 Å². The molecule has 1 heterocycles. The van der Waals surface area contributed by atoms with Crippen molar-refractivity contribution in [3.05, 3.63) is 24.0 Å². The molecular weight excluding hydrogens is 218 g/mol. The number of rotatable bonds is 6. The van der Waals surface area contributed by atoms with Crippen LogP contribution in [0.4, 0.5) is 5.69 Å². The van der Waals surface area contributed by atoms with Crippen LogP contribution in [0.2, 0.25) is 0 Å². The number of hydrogen-bond acceptors (Lipinski definition) is 4. The lowest BCUT2D eigenvalue weighted by molar-refractivity contribution is 0.0738. The molecule has 17 heavy (non-hydrogen) atoms. The third-order valence-electron chi connectivity index (χ3n) is 2.34. The van der Waals surface area contributed by atoms with Crippen LogP contribution in [0.25, 0.3) is 0 Å². The Kier molecular flexibility index (Phi) is 5.42. The predicted molar refractivity (Wildman–Crippen MR) is 67.2 cm³/mol. The summed E-state index contributed by atoms with van der Waals surface area (Å²) in [5.74, 6) is -0.0956. The SMILES string of the molecule is CCNc1ccnc(C(=O)N(C)CCOC)c1. The molecule has 1 amide bonds. The Balaban J connectivity index is 2.70. The predicted octanol–water partition coefficient (Wildman–Crippen LogP) is 1.23. The van der Waals surface area contributed by atoms with E-state index < -0.39 is 0 Å². The van der Waals surface area contributed by atoms with Crippen LogP contribution in [0, 0.1) is 0 Å². The molecule has 0 aromatic carbocycles. The van der Waals surface area contributed by atoms with Gasteiger partial charge in [-0.1, -0.05) is 0 Å². The summed E-state index contributed by atoms with van der Waals surface area (Å²) in [4.78, 5) is 17.7. The molecule has 0 saturated carbocycles. The Labute approximate surface area is 102 Å². The fraction of sp³-hybridized carbons (Fsp3) is 0.500. The molecule has 1 aromatic heterocycles. The summed E-state index contributed by atoms with van der Waals surface area (Å²) in [6.45, 7) is 3.90. The zero-order valence-corrected chi connectivity index (χ0v) is 10.6. The van der Waals surface area contributed by atoms with E-state index in [2.05, 4.69) is 10.3 Å². The van der Waals surface area contributed by atoms with Crippen molar-refractivity contribution in [2.45, 2.75) is 6.92 Å². The number of methoxy groups -OCH3 is 1. The third kappa shape index (κ3) is 4.03. The van der Waals surface area contributed by atoms with Gasteiger partial charge in [0.1, 0.15) is 5.69 Å². The van der Waals surface area contributed by atoms with E-state index in [0.717, 1.165) is 12.2 Å². The van der Waals surface area contributed by atoms with Gasteiger partial charge in [0.2, 0.25) is 0 Å². The van der Waals surface area contributed by atoms with E-state index in [1.54, 1.807) is 31.3 Å². The number of carbonyl (C=O) groups is 1. The molecule has 0 spiro atoms. The molecule has 5 heteroatoms. The van der Waals surface area contributed by atoms with Gasteiger partial charge in [-0.15, -0.1) is 0 Å². The molecule has 0 aliphatic rings. The molecule has 1 rings (SSSR count). The monoisotopic (exact) mass is 237 g/mol. The van der Waals surface area contributed by atoms with E-state index in [0.29, 0.717) is 18.8 Å². The van der Waals surface area contributed by atoms with Crippen molar-refractivity contribution in [3.63, 3.8) is 0 Å². The van der Waals surface area contributed by atoms with Crippen molar-refractivity contribution < 1.29 is 9.53 Å². The first-order valence-corrected chi connectivity index (χ1v) is 5.63. The highest BCUT2D eigenvalue weighted by molar-refractivity contribution is 5.92. The molecule has 94 valence electrons. The van der Waals surface area contributed by atoms with E-state index >= 15 is 0 Å². The van der Waals surface area contributed by atoms with Crippen molar-refractivity contribution in [1.29, 1.82) is 0 Å². The minimum atomic E-state index is -0.0956. The van der Waals surface area contributed by atoms with Gasteiger partial charge in [-0.2, -0.15) is 0 Å². The Morgan fingerprint density at radius 3 is 3.00 bits per heavy atom. The minimum Gasteiger partial charge on any atom is -0.385 e. The first kappa shape index (κ1) is 13.4. The van der Waals surface area contributed by atoms with Gasteiger partial charge < -0.3 is 15.0 Å². The lowest BCUT2D eigenvalue weighted by Crippen LogP contribution is -2.30. The van der Waals surface area contributed by atoms with Crippen LogP contribution < -0.4 is 5.32 Å². The fourth-order valence-corrected chi connectivity index (χ4v) is 1.39.